The third kappa shape index (κ3) is 4.27. The first kappa shape index (κ1) is 18.7. The predicted octanol–water partition coefficient (Wildman–Crippen LogP) is 2.79. The van der Waals surface area contributed by atoms with Gasteiger partial charge in [0, 0.05) is 31.1 Å². The first-order valence-electron chi connectivity index (χ1n) is 9.42. The summed E-state index contributed by atoms with van der Waals surface area (Å²) >= 11 is 5.95. The fraction of sp³-hybridized carbons (Fsp3) is 0.476. The van der Waals surface area contributed by atoms with Gasteiger partial charge in [-0.15, -0.1) is 0 Å². The standard InChI is InChI=1S/C21H25ClN2O3/c22-17-3-1-14(2-4-17)7-21(27)8-15-11-24(12-16(15)9-21)13-20(26)19-6-5-18(25)10-23-19/h1-6,10,15-16,20,25-27H,7-9,11-13H2. The smallest absolute Gasteiger partial charge is 0.133 e. The number of pyridine rings is 1. The van der Waals surface area contributed by atoms with Crippen LogP contribution in [0, 0.1) is 11.8 Å². The van der Waals surface area contributed by atoms with Crippen LogP contribution in [-0.4, -0.2) is 50.4 Å². The van der Waals surface area contributed by atoms with Crippen molar-refractivity contribution in [2.24, 2.45) is 11.8 Å². The highest BCUT2D eigenvalue weighted by atomic mass is 35.5. The van der Waals surface area contributed by atoms with E-state index in [1.807, 2.05) is 24.3 Å². The Hall–Kier alpha value is -1.66. The number of aromatic nitrogens is 1. The molecule has 3 atom stereocenters. The Bertz CT molecular complexity index is 767. The van der Waals surface area contributed by atoms with Crippen LogP contribution in [0.4, 0.5) is 0 Å². The van der Waals surface area contributed by atoms with E-state index in [-0.39, 0.29) is 5.75 Å². The summed E-state index contributed by atoms with van der Waals surface area (Å²) in [6.07, 6.45) is 2.94. The summed E-state index contributed by atoms with van der Waals surface area (Å²) in [6.45, 7) is 2.31. The van der Waals surface area contributed by atoms with Crippen molar-refractivity contribution >= 4 is 11.6 Å². The molecule has 2 aromatic rings. The first-order valence-corrected chi connectivity index (χ1v) is 9.80. The second kappa shape index (κ2) is 7.40. The van der Waals surface area contributed by atoms with E-state index in [0.717, 1.165) is 31.5 Å². The zero-order chi connectivity index (χ0) is 19.0. The molecular formula is C21H25ClN2O3. The summed E-state index contributed by atoms with van der Waals surface area (Å²) < 4.78 is 0. The highest BCUT2D eigenvalue weighted by Crippen LogP contribution is 2.45. The van der Waals surface area contributed by atoms with Gasteiger partial charge in [-0.1, -0.05) is 23.7 Å². The topological polar surface area (TPSA) is 76.8 Å². The third-order valence-electron chi connectivity index (χ3n) is 5.93. The molecule has 3 N–H and O–H groups in total. The molecule has 1 saturated carbocycles. The molecule has 3 unspecified atom stereocenters. The number of aliphatic hydroxyl groups is 2. The van der Waals surface area contributed by atoms with Crippen LogP contribution >= 0.6 is 11.6 Å². The average molecular weight is 389 g/mol. The Morgan fingerprint density at radius 3 is 2.37 bits per heavy atom. The van der Waals surface area contributed by atoms with Crippen LogP contribution in [0.1, 0.15) is 30.2 Å². The van der Waals surface area contributed by atoms with Crippen molar-refractivity contribution in [3.63, 3.8) is 0 Å². The number of fused-ring (bicyclic) bond motifs is 1. The van der Waals surface area contributed by atoms with Crippen LogP contribution in [0.3, 0.4) is 0 Å². The molecule has 1 aromatic carbocycles. The van der Waals surface area contributed by atoms with E-state index in [1.54, 1.807) is 12.1 Å². The lowest BCUT2D eigenvalue weighted by atomic mass is 9.91. The van der Waals surface area contributed by atoms with Crippen LogP contribution in [0.25, 0.3) is 0 Å². The molecule has 144 valence electrons. The van der Waals surface area contributed by atoms with Crippen molar-refractivity contribution in [3.8, 4) is 5.75 Å². The zero-order valence-corrected chi connectivity index (χ0v) is 15.9. The van der Waals surface area contributed by atoms with Crippen LogP contribution in [0.2, 0.25) is 5.02 Å². The number of rotatable bonds is 5. The van der Waals surface area contributed by atoms with Crippen molar-refractivity contribution in [1.82, 2.24) is 9.88 Å². The number of aromatic hydroxyl groups is 1. The van der Waals surface area contributed by atoms with Gasteiger partial charge in [-0.3, -0.25) is 9.88 Å². The van der Waals surface area contributed by atoms with Crippen LogP contribution in [-0.2, 0) is 6.42 Å². The van der Waals surface area contributed by atoms with E-state index in [2.05, 4.69) is 9.88 Å². The molecular weight excluding hydrogens is 364 g/mol. The van der Waals surface area contributed by atoms with Crippen LogP contribution in [0.15, 0.2) is 42.6 Å². The van der Waals surface area contributed by atoms with Gasteiger partial charge in [-0.05, 0) is 54.5 Å². The zero-order valence-electron chi connectivity index (χ0n) is 15.1. The summed E-state index contributed by atoms with van der Waals surface area (Å²) in [7, 11) is 0. The molecule has 2 aliphatic rings. The van der Waals surface area contributed by atoms with Crippen molar-refractivity contribution < 1.29 is 15.3 Å². The number of hydrogen-bond acceptors (Lipinski definition) is 5. The Labute approximate surface area is 164 Å². The van der Waals surface area contributed by atoms with E-state index < -0.39 is 11.7 Å². The molecule has 1 aliphatic heterocycles. The Morgan fingerprint density at radius 1 is 1.11 bits per heavy atom. The number of halogens is 1. The van der Waals surface area contributed by atoms with Gasteiger partial charge in [0.2, 0.25) is 0 Å². The molecule has 0 radical (unpaired) electrons. The SMILES string of the molecule is Oc1ccc(C(O)CN2CC3CC(O)(Cc4ccc(Cl)cc4)CC3C2)nc1. The van der Waals surface area contributed by atoms with E-state index in [9.17, 15) is 15.3 Å². The number of β-amino-alcohol motifs (C(OH)–C–C–N with tert-alkyl or cyclic N) is 1. The summed E-state index contributed by atoms with van der Waals surface area (Å²) in [6, 6.07) is 10.9. The second-order valence-electron chi connectivity index (χ2n) is 8.13. The Morgan fingerprint density at radius 2 is 1.78 bits per heavy atom. The van der Waals surface area contributed by atoms with Gasteiger partial charge in [-0.2, -0.15) is 0 Å². The molecule has 0 amide bonds. The number of benzene rings is 1. The lowest BCUT2D eigenvalue weighted by Gasteiger charge is -2.27. The van der Waals surface area contributed by atoms with Gasteiger partial charge in [0.25, 0.3) is 0 Å². The van der Waals surface area contributed by atoms with Crippen molar-refractivity contribution in [2.75, 3.05) is 19.6 Å². The Kier molecular flexibility index (Phi) is 5.12. The maximum atomic E-state index is 11.1. The monoisotopic (exact) mass is 388 g/mol. The molecule has 2 fully saturated rings. The van der Waals surface area contributed by atoms with Gasteiger partial charge < -0.3 is 15.3 Å². The normalized spacial score (nSPS) is 29.0. The number of likely N-dealkylation sites (tertiary alicyclic amines) is 1. The number of aliphatic hydroxyl groups excluding tert-OH is 1. The third-order valence-corrected chi connectivity index (χ3v) is 6.18. The van der Waals surface area contributed by atoms with E-state index in [4.69, 9.17) is 11.6 Å². The average Bonchev–Trinajstić information content (AvgIpc) is 3.11. The summed E-state index contributed by atoms with van der Waals surface area (Å²) in [5.41, 5.74) is 1.04. The number of nitrogens with zero attached hydrogens (tertiary/aromatic N) is 2. The molecule has 4 rings (SSSR count). The van der Waals surface area contributed by atoms with Crippen molar-refractivity contribution in [3.05, 3.63) is 58.9 Å². The molecule has 27 heavy (non-hydrogen) atoms. The lowest BCUT2D eigenvalue weighted by molar-refractivity contribution is 0.0327. The molecule has 6 heteroatoms. The minimum absolute atomic E-state index is 0.0987. The second-order valence-corrected chi connectivity index (χ2v) is 8.57. The maximum Gasteiger partial charge on any atom is 0.133 e. The summed E-state index contributed by atoms with van der Waals surface area (Å²) in [5, 5.41) is 31.5. The van der Waals surface area contributed by atoms with Gasteiger partial charge >= 0.3 is 0 Å². The lowest BCUT2D eigenvalue weighted by Crippen LogP contribution is -2.33. The largest absolute Gasteiger partial charge is 0.506 e. The van der Waals surface area contributed by atoms with Gasteiger partial charge in [-0.25, -0.2) is 0 Å². The molecule has 1 saturated heterocycles. The fourth-order valence-corrected chi connectivity index (χ4v) is 4.89. The van der Waals surface area contributed by atoms with Crippen molar-refractivity contribution in [2.45, 2.75) is 31.0 Å². The quantitative estimate of drug-likeness (QED) is 0.734. The van der Waals surface area contributed by atoms with Gasteiger partial charge in [0.05, 0.1) is 17.5 Å². The molecule has 1 aliphatic carbocycles. The predicted molar refractivity (Wildman–Crippen MR) is 104 cm³/mol. The van der Waals surface area contributed by atoms with E-state index >= 15 is 0 Å². The Balaban J connectivity index is 1.32. The number of hydrogen-bond donors (Lipinski definition) is 3. The minimum Gasteiger partial charge on any atom is -0.506 e. The molecule has 2 heterocycles. The summed E-state index contributed by atoms with van der Waals surface area (Å²) in [4.78, 5) is 6.35. The first-order chi connectivity index (χ1) is 12.9. The van der Waals surface area contributed by atoms with Crippen LogP contribution < -0.4 is 0 Å². The van der Waals surface area contributed by atoms with E-state index in [1.165, 1.54) is 6.20 Å². The summed E-state index contributed by atoms with van der Waals surface area (Å²) in [5.74, 6) is 1.02. The fourth-order valence-electron chi connectivity index (χ4n) is 4.77. The van der Waals surface area contributed by atoms with Crippen LogP contribution in [0.5, 0.6) is 5.75 Å². The molecule has 1 aromatic heterocycles. The minimum atomic E-state index is -0.669. The van der Waals surface area contributed by atoms with Gasteiger partial charge in [0.1, 0.15) is 11.9 Å². The van der Waals surface area contributed by atoms with Crippen molar-refractivity contribution in [1.29, 1.82) is 0 Å². The molecule has 5 nitrogen and oxygen atoms in total. The molecule has 0 bridgehead atoms. The van der Waals surface area contributed by atoms with E-state index in [0.29, 0.717) is 35.5 Å². The highest BCUT2D eigenvalue weighted by molar-refractivity contribution is 6.30. The molecule has 0 spiro atoms. The van der Waals surface area contributed by atoms with Gasteiger partial charge in [0.15, 0.2) is 0 Å². The highest BCUT2D eigenvalue weighted by Gasteiger charge is 2.48. The maximum absolute atomic E-state index is 11.1.